The molecule has 1 heterocycles. The molecule has 1 atom stereocenters. The lowest BCUT2D eigenvalue weighted by Gasteiger charge is -2.33. The minimum Gasteiger partial charge on any atom is -0.462 e. The van der Waals surface area contributed by atoms with Gasteiger partial charge in [0.2, 0.25) is 5.91 Å². The van der Waals surface area contributed by atoms with Gasteiger partial charge in [-0.25, -0.2) is 4.79 Å². The van der Waals surface area contributed by atoms with Crippen LogP contribution in [0.1, 0.15) is 85.7 Å². The van der Waals surface area contributed by atoms with E-state index in [1.807, 2.05) is 12.1 Å². The number of carbonyl (C=O) groups is 2. The van der Waals surface area contributed by atoms with Gasteiger partial charge in [-0.1, -0.05) is 42.3 Å². The Balaban J connectivity index is 1.81. The monoisotopic (exact) mass is 460 g/mol. The summed E-state index contributed by atoms with van der Waals surface area (Å²) < 4.78 is 5.13. The molecule has 180 valence electrons. The topological polar surface area (TPSA) is 72.6 Å². The van der Waals surface area contributed by atoms with Gasteiger partial charge in [-0.15, -0.1) is 0 Å². The van der Waals surface area contributed by atoms with Crippen LogP contribution >= 0.6 is 0 Å². The third-order valence-corrected chi connectivity index (χ3v) is 7.06. The average molecular weight is 461 g/mol. The van der Waals surface area contributed by atoms with Crippen molar-refractivity contribution in [3.8, 4) is 0 Å². The molecule has 5 nitrogen and oxygen atoms in total. The predicted octanol–water partition coefficient (Wildman–Crippen LogP) is 5.84. The lowest BCUT2D eigenvalue weighted by Crippen LogP contribution is -2.31. The number of nitrogens with two attached hydrogens (primary N) is 1. The number of esters is 1. The van der Waals surface area contributed by atoms with Gasteiger partial charge in [0.05, 0.1) is 18.1 Å². The molecule has 0 radical (unpaired) electrons. The van der Waals surface area contributed by atoms with Crippen molar-refractivity contribution in [3.63, 3.8) is 0 Å². The van der Waals surface area contributed by atoms with E-state index in [1.165, 1.54) is 36.9 Å². The molecule has 1 aliphatic carbocycles. The van der Waals surface area contributed by atoms with Crippen LogP contribution in [-0.4, -0.2) is 31.6 Å². The number of carbonyl (C=O) groups excluding carboxylic acids is 2. The largest absolute Gasteiger partial charge is 0.462 e. The Bertz CT molecular complexity index is 1030. The van der Waals surface area contributed by atoms with Crippen LogP contribution in [0.3, 0.4) is 0 Å². The van der Waals surface area contributed by atoms with Crippen LogP contribution in [0.15, 0.2) is 54.1 Å². The number of amides is 1. The van der Waals surface area contributed by atoms with Crippen molar-refractivity contribution in [2.75, 3.05) is 24.6 Å². The standard InChI is InChI=1S/C29H36N2O3/c1-2-34-29(33)23-17-15-22(16-18-23)27(28(30)32)26(21-11-5-3-6-12-21)24-13-7-8-14-25(24)31-19-9-4-10-20-31/h7-8,13-18,27H,2-6,9-12,19-20H2,1H3,(H2,30,32). The van der Waals surface area contributed by atoms with Crippen LogP contribution < -0.4 is 10.6 Å². The summed E-state index contributed by atoms with van der Waals surface area (Å²) in [5.41, 5.74) is 12.1. The van der Waals surface area contributed by atoms with E-state index in [0.29, 0.717) is 12.2 Å². The van der Waals surface area contributed by atoms with Crippen LogP contribution in [0.4, 0.5) is 5.69 Å². The molecule has 4 rings (SSSR count). The van der Waals surface area contributed by atoms with Crippen molar-refractivity contribution in [1.82, 2.24) is 0 Å². The molecule has 0 spiro atoms. The third kappa shape index (κ3) is 5.35. The minimum absolute atomic E-state index is 0.327. The summed E-state index contributed by atoms with van der Waals surface area (Å²) in [5, 5.41) is 0. The molecule has 2 aliphatic rings. The van der Waals surface area contributed by atoms with Crippen LogP contribution in [-0.2, 0) is 9.53 Å². The van der Waals surface area contributed by atoms with E-state index in [4.69, 9.17) is 10.5 Å². The fourth-order valence-electron chi connectivity index (χ4n) is 5.41. The second-order valence-electron chi connectivity index (χ2n) is 9.32. The molecule has 34 heavy (non-hydrogen) atoms. The summed E-state index contributed by atoms with van der Waals surface area (Å²) in [6.07, 6.45) is 9.13. The highest BCUT2D eigenvalue weighted by molar-refractivity contribution is 5.99. The quantitative estimate of drug-likeness (QED) is 0.527. The number of primary amides is 1. The average Bonchev–Trinajstić information content (AvgIpc) is 2.88. The van der Waals surface area contributed by atoms with Gasteiger partial charge < -0.3 is 15.4 Å². The van der Waals surface area contributed by atoms with Gasteiger partial charge in [0.1, 0.15) is 0 Å². The van der Waals surface area contributed by atoms with Crippen LogP contribution in [0.25, 0.3) is 5.57 Å². The SMILES string of the molecule is CCOC(=O)c1ccc(C(C(N)=O)C(=C2CCCCC2)c2ccccc2N2CCCCC2)cc1. The van der Waals surface area contributed by atoms with E-state index in [0.717, 1.165) is 55.5 Å². The first-order valence-electron chi connectivity index (χ1n) is 12.7. The van der Waals surface area contributed by atoms with Gasteiger partial charge in [-0.3, -0.25) is 4.79 Å². The number of nitrogens with zero attached hydrogens (tertiary/aromatic N) is 1. The molecule has 1 amide bonds. The van der Waals surface area contributed by atoms with E-state index in [2.05, 4.69) is 29.2 Å². The molecule has 2 N–H and O–H groups in total. The molecule has 1 saturated heterocycles. The van der Waals surface area contributed by atoms with Gasteiger partial charge in [-0.05, 0) is 81.2 Å². The van der Waals surface area contributed by atoms with Crippen molar-refractivity contribution in [3.05, 3.63) is 70.8 Å². The van der Waals surface area contributed by atoms with Gasteiger partial charge >= 0.3 is 5.97 Å². The molecule has 1 saturated carbocycles. The Kier molecular flexibility index (Phi) is 8.04. The van der Waals surface area contributed by atoms with Gasteiger partial charge in [0.15, 0.2) is 0 Å². The third-order valence-electron chi connectivity index (χ3n) is 7.06. The summed E-state index contributed by atoms with van der Waals surface area (Å²) in [6, 6.07) is 15.7. The van der Waals surface area contributed by atoms with E-state index < -0.39 is 5.92 Å². The van der Waals surface area contributed by atoms with Crippen molar-refractivity contribution in [2.45, 2.75) is 64.2 Å². The highest BCUT2D eigenvalue weighted by atomic mass is 16.5. The second-order valence-corrected chi connectivity index (χ2v) is 9.32. The number of allylic oxidation sites excluding steroid dienone is 1. The molecular weight excluding hydrogens is 424 g/mol. The van der Waals surface area contributed by atoms with Gasteiger partial charge in [0, 0.05) is 24.3 Å². The zero-order chi connectivity index (χ0) is 23.9. The first-order valence-corrected chi connectivity index (χ1v) is 12.7. The lowest BCUT2D eigenvalue weighted by atomic mass is 9.78. The van der Waals surface area contributed by atoms with Crippen molar-refractivity contribution < 1.29 is 14.3 Å². The summed E-state index contributed by atoms with van der Waals surface area (Å²) in [7, 11) is 0. The lowest BCUT2D eigenvalue weighted by molar-refractivity contribution is -0.118. The number of benzene rings is 2. The number of rotatable bonds is 7. The fourth-order valence-corrected chi connectivity index (χ4v) is 5.41. The smallest absolute Gasteiger partial charge is 0.338 e. The molecule has 1 unspecified atom stereocenters. The van der Waals surface area contributed by atoms with Crippen LogP contribution in [0.5, 0.6) is 0 Å². The number of hydrogen-bond donors (Lipinski definition) is 1. The van der Waals surface area contributed by atoms with Crippen LogP contribution in [0.2, 0.25) is 0 Å². The molecule has 2 aromatic carbocycles. The molecule has 2 fully saturated rings. The first kappa shape index (κ1) is 24.1. The number of piperidine rings is 1. The first-order chi connectivity index (χ1) is 16.6. The summed E-state index contributed by atoms with van der Waals surface area (Å²) in [5.74, 6) is -1.27. The van der Waals surface area contributed by atoms with Crippen LogP contribution in [0, 0.1) is 0 Å². The maximum atomic E-state index is 13.0. The highest BCUT2D eigenvalue weighted by Crippen LogP contribution is 2.43. The van der Waals surface area contributed by atoms with E-state index in [-0.39, 0.29) is 11.9 Å². The van der Waals surface area contributed by atoms with E-state index >= 15 is 0 Å². The zero-order valence-electron chi connectivity index (χ0n) is 20.2. The van der Waals surface area contributed by atoms with Crippen molar-refractivity contribution in [1.29, 1.82) is 0 Å². The predicted molar refractivity (Wildman–Crippen MR) is 137 cm³/mol. The number of hydrogen-bond acceptors (Lipinski definition) is 4. The number of para-hydroxylation sites is 1. The zero-order valence-corrected chi connectivity index (χ0v) is 20.2. The summed E-state index contributed by atoms with van der Waals surface area (Å²) >= 11 is 0. The summed E-state index contributed by atoms with van der Waals surface area (Å²) in [4.78, 5) is 27.7. The highest BCUT2D eigenvalue weighted by Gasteiger charge is 2.30. The Morgan fingerprint density at radius 1 is 0.912 bits per heavy atom. The number of anilines is 1. The molecule has 5 heteroatoms. The minimum atomic E-state index is -0.560. The van der Waals surface area contributed by atoms with E-state index in [1.54, 1.807) is 19.1 Å². The molecule has 0 bridgehead atoms. The Morgan fingerprint density at radius 2 is 1.56 bits per heavy atom. The number of ether oxygens (including phenoxy) is 1. The molecule has 1 aliphatic heterocycles. The molecule has 0 aromatic heterocycles. The maximum Gasteiger partial charge on any atom is 0.338 e. The summed E-state index contributed by atoms with van der Waals surface area (Å²) in [6.45, 7) is 4.19. The maximum absolute atomic E-state index is 13.0. The Labute approximate surface area is 203 Å². The normalized spacial score (nSPS) is 17.2. The Hall–Kier alpha value is -3.08. The fraction of sp³-hybridized carbons (Fsp3) is 0.448. The second kappa shape index (κ2) is 11.4. The van der Waals surface area contributed by atoms with Gasteiger partial charge in [-0.2, -0.15) is 0 Å². The Morgan fingerprint density at radius 3 is 2.21 bits per heavy atom. The molecule has 2 aromatic rings. The van der Waals surface area contributed by atoms with Gasteiger partial charge in [0.25, 0.3) is 0 Å². The van der Waals surface area contributed by atoms with E-state index in [9.17, 15) is 9.59 Å². The molecular formula is C29H36N2O3. The van der Waals surface area contributed by atoms with Crippen molar-refractivity contribution in [2.24, 2.45) is 5.73 Å². The van der Waals surface area contributed by atoms with Crippen molar-refractivity contribution >= 4 is 23.1 Å².